The zero-order valence-electron chi connectivity index (χ0n) is 17.2. The summed E-state index contributed by atoms with van der Waals surface area (Å²) in [5.41, 5.74) is 11.1. The molecule has 2 atom stereocenters. The average molecular weight is 426 g/mol. The fraction of sp³-hybridized carbons (Fsp3) is 0.364. The maximum absolute atomic E-state index is 13.0. The van der Waals surface area contributed by atoms with Crippen molar-refractivity contribution in [1.29, 1.82) is 5.41 Å². The lowest BCUT2D eigenvalue weighted by atomic mass is 10.1. The number of fused-ring (bicyclic) bond motifs is 1. The van der Waals surface area contributed by atoms with Crippen molar-refractivity contribution in [1.82, 2.24) is 14.2 Å². The first kappa shape index (κ1) is 20.7. The van der Waals surface area contributed by atoms with Crippen molar-refractivity contribution in [3.63, 3.8) is 0 Å². The molecule has 30 heavy (non-hydrogen) atoms. The molecule has 0 bridgehead atoms. The van der Waals surface area contributed by atoms with E-state index in [9.17, 15) is 9.90 Å². The number of amides is 1. The van der Waals surface area contributed by atoms with Crippen LogP contribution in [0, 0.1) is 12.3 Å². The predicted octanol–water partition coefficient (Wildman–Crippen LogP) is 2.30. The van der Waals surface area contributed by atoms with E-state index >= 15 is 0 Å². The molecule has 4 rings (SSSR count). The molecule has 1 aliphatic carbocycles. The van der Waals surface area contributed by atoms with Crippen molar-refractivity contribution < 1.29 is 9.90 Å². The summed E-state index contributed by atoms with van der Waals surface area (Å²) in [7, 11) is 1.88. The minimum absolute atomic E-state index is 0.188. The van der Waals surface area contributed by atoms with Crippen LogP contribution >= 0.6 is 11.9 Å². The molecule has 2 aromatic rings. The third-order valence-electron chi connectivity index (χ3n) is 6.02. The smallest absolute Gasteiger partial charge is 0.268 e. The minimum Gasteiger partial charge on any atom is -0.402 e. The van der Waals surface area contributed by atoms with E-state index in [1.807, 2.05) is 48.9 Å². The Labute approximate surface area is 180 Å². The number of carbonyl (C=O) groups is 1. The average Bonchev–Trinajstić information content (AvgIpc) is 3.21. The molecule has 0 spiro atoms. The van der Waals surface area contributed by atoms with Gasteiger partial charge in [-0.25, -0.2) is 4.31 Å². The number of benzene rings is 1. The van der Waals surface area contributed by atoms with Crippen LogP contribution < -0.4 is 11.1 Å². The number of hydrogen-bond donors (Lipinski definition) is 4. The molecule has 0 radical (unpaired) electrons. The first-order chi connectivity index (χ1) is 14.4. The van der Waals surface area contributed by atoms with E-state index in [0.717, 1.165) is 46.0 Å². The topological polar surface area (TPSA) is 107 Å². The predicted molar refractivity (Wildman–Crippen MR) is 119 cm³/mol. The second-order valence-electron chi connectivity index (χ2n) is 7.87. The first-order valence-corrected chi connectivity index (χ1v) is 10.8. The van der Waals surface area contributed by atoms with Gasteiger partial charge >= 0.3 is 0 Å². The molecule has 158 valence electrons. The summed E-state index contributed by atoms with van der Waals surface area (Å²) in [5, 5.41) is 21.1. The number of aromatic nitrogens is 1. The second-order valence-corrected chi connectivity index (χ2v) is 9.00. The molecule has 7 nitrogen and oxygen atoms in total. The molecule has 5 N–H and O–H groups in total. The number of hydrogen-bond acceptors (Lipinski definition) is 6. The highest BCUT2D eigenvalue weighted by Gasteiger charge is 2.32. The van der Waals surface area contributed by atoms with Gasteiger partial charge in [-0.1, -0.05) is 24.3 Å². The van der Waals surface area contributed by atoms with E-state index in [0.29, 0.717) is 18.7 Å². The number of nitrogens with two attached hydrogens (primary N) is 1. The summed E-state index contributed by atoms with van der Waals surface area (Å²) >= 11 is 1.59. The summed E-state index contributed by atoms with van der Waals surface area (Å²) in [5.74, 6) is -0.188. The van der Waals surface area contributed by atoms with Crippen molar-refractivity contribution in [3.8, 4) is 0 Å². The lowest BCUT2D eigenvalue weighted by molar-refractivity contribution is 0.0850. The molecule has 0 saturated heterocycles. The van der Waals surface area contributed by atoms with Crippen molar-refractivity contribution in [2.24, 2.45) is 12.8 Å². The van der Waals surface area contributed by atoms with Crippen LogP contribution in [0.15, 0.2) is 46.5 Å². The fourth-order valence-electron chi connectivity index (χ4n) is 4.06. The van der Waals surface area contributed by atoms with E-state index in [4.69, 9.17) is 11.1 Å². The molecule has 1 aromatic carbocycles. The van der Waals surface area contributed by atoms with E-state index in [-0.39, 0.29) is 11.9 Å². The van der Waals surface area contributed by atoms with Gasteiger partial charge in [-0.2, -0.15) is 0 Å². The van der Waals surface area contributed by atoms with Crippen molar-refractivity contribution >= 4 is 24.1 Å². The van der Waals surface area contributed by atoms with Crippen LogP contribution in [0.2, 0.25) is 0 Å². The SMILES string of the molecule is Cc1c(SN2CCC(N)=C(C=N)C2)cc(C(=O)NC2Cc3ccccc3C2O)n1C. The molecule has 0 fully saturated rings. The van der Waals surface area contributed by atoms with Gasteiger partial charge in [0.05, 0.1) is 12.1 Å². The van der Waals surface area contributed by atoms with Crippen LogP contribution in [-0.2, 0) is 13.5 Å². The Morgan fingerprint density at radius 3 is 2.90 bits per heavy atom. The number of aliphatic hydroxyl groups is 1. The molecular formula is C22H27N5O2S. The summed E-state index contributed by atoms with van der Waals surface area (Å²) < 4.78 is 4.05. The van der Waals surface area contributed by atoms with Crippen LogP contribution in [-0.4, -0.2) is 45.2 Å². The zero-order valence-corrected chi connectivity index (χ0v) is 18.0. The van der Waals surface area contributed by atoms with E-state index in [1.165, 1.54) is 6.21 Å². The Morgan fingerprint density at radius 1 is 1.40 bits per heavy atom. The highest BCUT2D eigenvalue weighted by Crippen LogP contribution is 2.33. The van der Waals surface area contributed by atoms with Crippen molar-refractivity contribution in [2.75, 3.05) is 13.1 Å². The van der Waals surface area contributed by atoms with Crippen LogP contribution in [0.25, 0.3) is 0 Å². The summed E-state index contributed by atoms with van der Waals surface area (Å²) in [6.07, 6.45) is 1.99. The van der Waals surface area contributed by atoms with Gasteiger partial charge in [0.1, 0.15) is 5.69 Å². The van der Waals surface area contributed by atoms with E-state index in [1.54, 1.807) is 11.9 Å². The van der Waals surface area contributed by atoms with Gasteiger partial charge in [-0.3, -0.25) is 4.79 Å². The zero-order chi connectivity index (χ0) is 21.4. The summed E-state index contributed by atoms with van der Waals surface area (Å²) in [4.78, 5) is 14.0. The third-order valence-corrected chi connectivity index (χ3v) is 7.20. The lowest BCUT2D eigenvalue weighted by Gasteiger charge is -2.26. The van der Waals surface area contributed by atoms with Gasteiger partial charge < -0.3 is 26.1 Å². The molecule has 0 saturated carbocycles. The minimum atomic E-state index is -0.689. The number of nitrogens with zero attached hydrogens (tertiary/aromatic N) is 2. The van der Waals surface area contributed by atoms with E-state index in [2.05, 4.69) is 9.62 Å². The van der Waals surface area contributed by atoms with Crippen LogP contribution in [0.5, 0.6) is 0 Å². The molecule has 2 aliphatic rings. The quantitative estimate of drug-likeness (QED) is 0.434. The maximum Gasteiger partial charge on any atom is 0.268 e. The standard InChI is InChI=1S/C22H27N5O2S/c1-13-20(30-27-8-7-17(24)15(11-23)12-27)10-19(26(13)2)22(29)25-18-9-14-5-3-4-6-16(14)21(18)28/h3-6,10-11,18,21,23,28H,7-9,12,24H2,1-2H3,(H,25,29). The molecule has 1 aromatic heterocycles. The highest BCUT2D eigenvalue weighted by atomic mass is 32.2. The van der Waals surface area contributed by atoms with Gasteiger partial charge in [0.15, 0.2) is 0 Å². The van der Waals surface area contributed by atoms with Gasteiger partial charge in [0, 0.05) is 54.6 Å². The molecule has 2 heterocycles. The summed E-state index contributed by atoms with van der Waals surface area (Å²) in [6.45, 7) is 3.41. The number of carbonyl (C=O) groups excluding carboxylic acids is 1. The monoisotopic (exact) mass is 425 g/mol. The molecular weight excluding hydrogens is 398 g/mol. The second kappa shape index (κ2) is 8.29. The number of aliphatic hydroxyl groups excluding tert-OH is 1. The van der Waals surface area contributed by atoms with E-state index < -0.39 is 6.10 Å². The largest absolute Gasteiger partial charge is 0.402 e. The summed E-state index contributed by atoms with van der Waals surface area (Å²) in [6, 6.07) is 9.34. The van der Waals surface area contributed by atoms with Gasteiger partial charge in [0.2, 0.25) is 0 Å². The Balaban J connectivity index is 1.47. The Morgan fingerprint density at radius 2 is 2.17 bits per heavy atom. The normalized spacial score (nSPS) is 21.6. The molecule has 8 heteroatoms. The van der Waals surface area contributed by atoms with Crippen molar-refractivity contribution in [2.45, 2.75) is 36.8 Å². The van der Waals surface area contributed by atoms with Crippen LogP contribution in [0.4, 0.5) is 0 Å². The van der Waals surface area contributed by atoms with Gasteiger partial charge in [-0.15, -0.1) is 0 Å². The fourth-order valence-corrected chi connectivity index (χ4v) is 5.16. The molecule has 1 aliphatic heterocycles. The maximum atomic E-state index is 13.0. The molecule has 1 amide bonds. The van der Waals surface area contributed by atoms with Gasteiger partial charge in [-0.05, 0) is 42.5 Å². The van der Waals surface area contributed by atoms with Crippen LogP contribution in [0.1, 0.15) is 39.8 Å². The third kappa shape index (κ3) is 3.78. The van der Waals surface area contributed by atoms with Crippen molar-refractivity contribution in [3.05, 3.63) is 64.1 Å². The number of nitrogens with one attached hydrogen (secondary N) is 2. The highest BCUT2D eigenvalue weighted by molar-refractivity contribution is 7.97. The molecule has 2 unspecified atom stereocenters. The Hall–Kier alpha value is -2.55. The van der Waals surface area contributed by atoms with Gasteiger partial charge in [0.25, 0.3) is 5.91 Å². The first-order valence-electron chi connectivity index (χ1n) is 10.0. The number of rotatable bonds is 5. The Bertz CT molecular complexity index is 1030. The van der Waals surface area contributed by atoms with Crippen LogP contribution in [0.3, 0.4) is 0 Å². The Kier molecular flexibility index (Phi) is 5.73. The lowest BCUT2D eigenvalue weighted by Crippen LogP contribution is -2.38.